The average molecular weight is 320 g/mol. The van der Waals surface area contributed by atoms with Gasteiger partial charge in [0, 0.05) is 19.4 Å². The average Bonchev–Trinajstić information content (AvgIpc) is 2.94. The van der Waals surface area contributed by atoms with Crippen molar-refractivity contribution in [2.75, 3.05) is 13.2 Å². The van der Waals surface area contributed by atoms with Gasteiger partial charge in [0.15, 0.2) is 0 Å². The van der Waals surface area contributed by atoms with E-state index in [1.165, 1.54) is 11.1 Å². The van der Waals surface area contributed by atoms with E-state index in [2.05, 4.69) is 11.2 Å². The molecule has 0 aromatic rings. The fraction of sp³-hybridized carbons (Fsp3) is 0.529. The number of aliphatic carboxylic acids is 1. The van der Waals surface area contributed by atoms with Crippen LogP contribution < -0.4 is 11.1 Å². The summed E-state index contributed by atoms with van der Waals surface area (Å²) in [5.74, 6) is 1.61. The van der Waals surface area contributed by atoms with Gasteiger partial charge in [-0.25, -0.2) is 4.79 Å². The second kappa shape index (κ2) is 10.5. The molecule has 6 heteroatoms. The number of ether oxygens (including phenoxy) is 1. The van der Waals surface area contributed by atoms with E-state index in [9.17, 15) is 9.59 Å². The van der Waals surface area contributed by atoms with E-state index in [0.717, 1.165) is 6.42 Å². The molecule has 0 unspecified atom stereocenters. The largest absolute Gasteiger partial charge is 0.480 e. The summed E-state index contributed by atoms with van der Waals surface area (Å²) in [5, 5.41) is 11.3. The predicted octanol–water partition coefficient (Wildman–Crippen LogP) is 1.96. The summed E-state index contributed by atoms with van der Waals surface area (Å²) in [6.07, 6.45) is 12.8. The lowest BCUT2D eigenvalue weighted by atomic mass is 10.1. The summed E-state index contributed by atoms with van der Waals surface area (Å²) < 4.78 is 5.09. The van der Waals surface area contributed by atoms with Crippen LogP contribution in [0.2, 0.25) is 0 Å². The number of hydrogen-bond acceptors (Lipinski definition) is 4. The third-order valence-electron chi connectivity index (χ3n) is 3.52. The number of carboxylic acid groups (broad SMARTS) is 1. The highest BCUT2D eigenvalue weighted by Crippen LogP contribution is 2.23. The highest BCUT2D eigenvalue weighted by molar-refractivity contribution is 5.72. The number of carboxylic acids is 1. The Morgan fingerprint density at radius 1 is 1.39 bits per heavy atom. The van der Waals surface area contributed by atoms with Crippen LogP contribution in [0.5, 0.6) is 0 Å². The van der Waals surface area contributed by atoms with Gasteiger partial charge in [-0.05, 0) is 25.7 Å². The Labute approximate surface area is 136 Å². The molecule has 4 N–H and O–H groups in total. The van der Waals surface area contributed by atoms with Gasteiger partial charge in [0.25, 0.3) is 0 Å². The lowest BCUT2D eigenvalue weighted by molar-refractivity contribution is -0.138. The quantitative estimate of drug-likeness (QED) is 0.422. The first-order chi connectivity index (χ1) is 11.0. The van der Waals surface area contributed by atoms with E-state index >= 15 is 0 Å². The van der Waals surface area contributed by atoms with Crippen molar-refractivity contribution in [2.24, 2.45) is 5.73 Å². The molecule has 126 valence electrons. The van der Waals surface area contributed by atoms with Gasteiger partial charge in [-0.3, -0.25) is 4.79 Å². The number of nitrogens with one attached hydrogen (secondary N) is 1. The zero-order valence-electron chi connectivity index (χ0n) is 13.2. The molecule has 0 radical (unpaired) electrons. The number of rotatable bonds is 10. The molecular weight excluding hydrogens is 296 g/mol. The Kier molecular flexibility index (Phi) is 8.55. The SMILES string of the molecule is C#CCC1=CC=C(CCOC(=O)NCCCC[C@H](N)C(=O)O)C1. The fourth-order valence-electron chi connectivity index (χ4n) is 2.20. The third-order valence-corrected chi connectivity index (χ3v) is 3.52. The topological polar surface area (TPSA) is 102 Å². The Balaban J connectivity index is 1.99. The first-order valence-electron chi connectivity index (χ1n) is 7.73. The molecule has 1 rings (SSSR count). The standard InChI is InChI=1S/C17H24N2O4/c1-2-5-13-7-8-14(12-13)9-11-23-17(22)19-10-4-3-6-15(18)16(20)21/h1,7-8,15H,3-6,9-12,18H2,(H,19,22)(H,20,21)/t15-/m0/s1. The lowest BCUT2D eigenvalue weighted by Gasteiger charge is -2.09. The monoisotopic (exact) mass is 320 g/mol. The van der Waals surface area contributed by atoms with E-state index in [-0.39, 0.29) is 0 Å². The lowest BCUT2D eigenvalue weighted by Crippen LogP contribution is -2.30. The van der Waals surface area contributed by atoms with E-state index in [1.807, 2.05) is 12.2 Å². The van der Waals surface area contributed by atoms with Crippen LogP contribution in [0.25, 0.3) is 0 Å². The van der Waals surface area contributed by atoms with Crippen LogP contribution in [0, 0.1) is 12.3 Å². The normalized spacial score (nSPS) is 14.4. The molecule has 1 aliphatic rings. The smallest absolute Gasteiger partial charge is 0.407 e. The second-order valence-electron chi connectivity index (χ2n) is 5.46. The van der Waals surface area contributed by atoms with Crippen molar-refractivity contribution in [3.05, 3.63) is 23.3 Å². The Morgan fingerprint density at radius 3 is 2.83 bits per heavy atom. The molecular formula is C17H24N2O4. The highest BCUT2D eigenvalue weighted by Gasteiger charge is 2.11. The minimum absolute atomic E-state index is 0.332. The maximum absolute atomic E-state index is 11.5. The van der Waals surface area contributed by atoms with Gasteiger partial charge in [0.1, 0.15) is 6.04 Å². The number of unbranched alkanes of at least 4 members (excludes halogenated alkanes) is 1. The maximum atomic E-state index is 11.5. The third kappa shape index (κ3) is 8.07. The summed E-state index contributed by atoms with van der Waals surface area (Å²) in [5.41, 5.74) is 7.81. The Hall–Kier alpha value is -2.26. The molecule has 0 saturated carbocycles. The molecule has 0 aromatic heterocycles. The van der Waals surface area contributed by atoms with Gasteiger partial charge in [-0.15, -0.1) is 12.3 Å². The molecule has 0 heterocycles. The molecule has 0 fully saturated rings. The summed E-state index contributed by atoms with van der Waals surface area (Å²) in [6, 6.07) is -0.838. The molecule has 1 aliphatic carbocycles. The van der Waals surface area contributed by atoms with Crippen LogP contribution in [0.3, 0.4) is 0 Å². The van der Waals surface area contributed by atoms with E-state index < -0.39 is 18.1 Å². The summed E-state index contributed by atoms with van der Waals surface area (Å²) in [6.45, 7) is 0.778. The number of alkyl carbamates (subject to hydrolysis) is 1. The number of allylic oxidation sites excluding steroid dienone is 3. The second-order valence-corrected chi connectivity index (χ2v) is 5.46. The van der Waals surface area contributed by atoms with Crippen LogP contribution in [0.4, 0.5) is 4.79 Å². The van der Waals surface area contributed by atoms with Crippen LogP contribution >= 0.6 is 0 Å². The molecule has 0 bridgehead atoms. The number of nitrogens with two attached hydrogens (primary N) is 1. The molecule has 0 aromatic carbocycles. The van der Waals surface area contributed by atoms with E-state index in [1.54, 1.807) is 0 Å². The van der Waals surface area contributed by atoms with Crippen LogP contribution in [0.15, 0.2) is 23.3 Å². The minimum Gasteiger partial charge on any atom is -0.480 e. The molecule has 1 amide bonds. The molecule has 0 saturated heterocycles. The molecule has 23 heavy (non-hydrogen) atoms. The molecule has 0 aliphatic heterocycles. The van der Waals surface area contributed by atoms with E-state index in [0.29, 0.717) is 45.3 Å². The Bertz CT molecular complexity index is 517. The van der Waals surface area contributed by atoms with Crippen molar-refractivity contribution in [1.82, 2.24) is 5.32 Å². The van der Waals surface area contributed by atoms with E-state index in [4.69, 9.17) is 22.0 Å². The Morgan fingerprint density at radius 2 is 2.13 bits per heavy atom. The maximum Gasteiger partial charge on any atom is 0.407 e. The predicted molar refractivity (Wildman–Crippen MR) is 87.7 cm³/mol. The highest BCUT2D eigenvalue weighted by atomic mass is 16.5. The summed E-state index contributed by atoms with van der Waals surface area (Å²) >= 11 is 0. The van der Waals surface area contributed by atoms with Gasteiger partial charge < -0.3 is 20.9 Å². The van der Waals surface area contributed by atoms with Crippen molar-refractivity contribution in [3.8, 4) is 12.3 Å². The van der Waals surface area contributed by atoms with Crippen molar-refractivity contribution in [1.29, 1.82) is 0 Å². The van der Waals surface area contributed by atoms with Crippen molar-refractivity contribution in [2.45, 2.75) is 44.6 Å². The van der Waals surface area contributed by atoms with Crippen LogP contribution in [0.1, 0.15) is 38.5 Å². The summed E-state index contributed by atoms with van der Waals surface area (Å²) in [7, 11) is 0. The molecule has 1 atom stereocenters. The number of hydrogen-bond donors (Lipinski definition) is 3. The van der Waals surface area contributed by atoms with Gasteiger partial charge in [0.05, 0.1) is 6.61 Å². The number of amides is 1. The van der Waals surface area contributed by atoms with Crippen molar-refractivity contribution >= 4 is 12.1 Å². The zero-order chi connectivity index (χ0) is 17.1. The van der Waals surface area contributed by atoms with Crippen molar-refractivity contribution in [3.63, 3.8) is 0 Å². The van der Waals surface area contributed by atoms with Crippen LogP contribution in [-0.2, 0) is 9.53 Å². The van der Waals surface area contributed by atoms with Gasteiger partial charge in [-0.2, -0.15) is 0 Å². The number of carbonyl (C=O) groups is 2. The van der Waals surface area contributed by atoms with Gasteiger partial charge >= 0.3 is 12.1 Å². The van der Waals surface area contributed by atoms with Crippen molar-refractivity contribution < 1.29 is 19.4 Å². The first kappa shape index (κ1) is 18.8. The van der Waals surface area contributed by atoms with Gasteiger partial charge in [-0.1, -0.05) is 23.3 Å². The molecule has 0 spiro atoms. The zero-order valence-corrected chi connectivity index (χ0v) is 13.2. The first-order valence-corrected chi connectivity index (χ1v) is 7.73. The minimum atomic E-state index is -1.00. The molecule has 6 nitrogen and oxygen atoms in total. The van der Waals surface area contributed by atoms with Gasteiger partial charge in [0.2, 0.25) is 0 Å². The summed E-state index contributed by atoms with van der Waals surface area (Å²) in [4.78, 5) is 22.0. The van der Waals surface area contributed by atoms with Crippen LogP contribution in [-0.4, -0.2) is 36.4 Å². The fourth-order valence-corrected chi connectivity index (χ4v) is 2.20. The number of carbonyl (C=O) groups excluding carboxylic acids is 1. The number of terminal acetylenes is 1.